The van der Waals surface area contributed by atoms with Gasteiger partial charge in [0.25, 0.3) is 5.91 Å². The summed E-state index contributed by atoms with van der Waals surface area (Å²) >= 11 is 0. The normalized spacial score (nSPS) is 24.4. The van der Waals surface area contributed by atoms with Gasteiger partial charge in [-0.1, -0.05) is 12.1 Å². The zero-order valence-corrected chi connectivity index (χ0v) is 15.2. The van der Waals surface area contributed by atoms with Crippen molar-refractivity contribution in [3.05, 3.63) is 54.6 Å². The Balaban J connectivity index is 1.45. The minimum atomic E-state index is -0.847. The topological polar surface area (TPSA) is 120 Å². The quantitative estimate of drug-likeness (QED) is 0.510. The van der Waals surface area contributed by atoms with Gasteiger partial charge in [-0.05, 0) is 37.1 Å². The first-order chi connectivity index (χ1) is 13.5. The molecule has 0 radical (unpaired) electrons. The van der Waals surface area contributed by atoms with E-state index >= 15 is 0 Å². The largest absolute Gasteiger partial charge is 0.491 e. The highest BCUT2D eigenvalue weighted by Gasteiger charge is 2.45. The van der Waals surface area contributed by atoms with Gasteiger partial charge in [-0.15, -0.1) is 0 Å². The number of hydrogen-bond donors (Lipinski definition) is 4. The van der Waals surface area contributed by atoms with Gasteiger partial charge in [-0.25, -0.2) is 4.98 Å². The number of nitrogens with one attached hydrogen (secondary N) is 2. The molecule has 8 heteroatoms. The van der Waals surface area contributed by atoms with Gasteiger partial charge >= 0.3 is 0 Å². The van der Waals surface area contributed by atoms with E-state index < -0.39 is 17.6 Å². The van der Waals surface area contributed by atoms with Crippen LogP contribution in [0.1, 0.15) is 23.5 Å². The van der Waals surface area contributed by atoms with Gasteiger partial charge in [0.05, 0.1) is 36.0 Å². The second-order valence-electron chi connectivity index (χ2n) is 7.31. The number of carbonyl (C=O) groups excluding carboxylic acids is 1. The lowest BCUT2D eigenvalue weighted by Gasteiger charge is -2.29. The van der Waals surface area contributed by atoms with Crippen LogP contribution in [0.15, 0.2) is 48.8 Å². The Labute approximate surface area is 161 Å². The molecule has 0 spiro atoms. The van der Waals surface area contributed by atoms with E-state index in [2.05, 4.69) is 20.3 Å². The fraction of sp³-hybridized carbons (Fsp3) is 0.350. The number of fused-ring (bicyclic) bond motifs is 1. The minimum Gasteiger partial charge on any atom is -0.491 e. The van der Waals surface area contributed by atoms with Crippen LogP contribution >= 0.6 is 0 Å². The molecule has 2 atom stereocenters. The molecule has 28 heavy (non-hydrogen) atoms. The molecule has 1 fully saturated rings. The average molecular weight is 382 g/mol. The maximum Gasteiger partial charge on any atom is 0.287 e. The van der Waals surface area contributed by atoms with Crippen molar-refractivity contribution in [3.63, 3.8) is 0 Å². The number of rotatable bonds is 6. The van der Waals surface area contributed by atoms with Gasteiger partial charge in [0.15, 0.2) is 5.82 Å². The summed E-state index contributed by atoms with van der Waals surface area (Å²) in [6.07, 6.45) is 2.21. The molecule has 1 saturated carbocycles. The number of benzene rings is 1. The Bertz CT molecular complexity index is 916. The lowest BCUT2D eigenvalue weighted by atomic mass is 9.86. The zero-order chi connectivity index (χ0) is 19.6. The summed E-state index contributed by atoms with van der Waals surface area (Å²) in [6.45, 7) is 0.491. The lowest BCUT2D eigenvalue weighted by Crippen LogP contribution is -2.41. The summed E-state index contributed by atoms with van der Waals surface area (Å²) < 4.78 is 5.82. The number of para-hydroxylation sites is 2. The van der Waals surface area contributed by atoms with Crippen molar-refractivity contribution in [1.82, 2.24) is 20.3 Å². The van der Waals surface area contributed by atoms with Crippen molar-refractivity contribution in [1.29, 1.82) is 0 Å². The molecule has 3 aromatic rings. The van der Waals surface area contributed by atoms with Crippen LogP contribution in [0.5, 0.6) is 5.75 Å². The van der Waals surface area contributed by atoms with E-state index in [4.69, 9.17) is 4.74 Å². The SMILES string of the molecule is O=C(NCC1(COc2cccnc2)CC(O)C(O)C1)c1nc2ccccc2[nH]1. The summed E-state index contributed by atoms with van der Waals surface area (Å²) in [5.74, 6) is 0.484. The van der Waals surface area contributed by atoms with Crippen molar-refractivity contribution in [3.8, 4) is 5.75 Å². The van der Waals surface area contributed by atoms with Gasteiger partial charge in [-0.3, -0.25) is 9.78 Å². The number of carbonyl (C=O) groups is 1. The van der Waals surface area contributed by atoms with Crippen molar-refractivity contribution in [2.24, 2.45) is 5.41 Å². The van der Waals surface area contributed by atoms with Crippen molar-refractivity contribution in [2.75, 3.05) is 13.2 Å². The second kappa shape index (κ2) is 7.57. The van der Waals surface area contributed by atoms with Crippen LogP contribution in [-0.2, 0) is 0 Å². The molecule has 2 aromatic heterocycles. The molecule has 4 rings (SSSR count). The third-order valence-corrected chi connectivity index (χ3v) is 5.14. The number of hydrogen-bond acceptors (Lipinski definition) is 6. The molecule has 2 unspecified atom stereocenters. The van der Waals surface area contributed by atoms with Gasteiger partial charge in [-0.2, -0.15) is 0 Å². The van der Waals surface area contributed by atoms with Crippen LogP contribution < -0.4 is 10.1 Å². The highest BCUT2D eigenvalue weighted by molar-refractivity contribution is 5.94. The average Bonchev–Trinajstić information content (AvgIpc) is 3.27. The summed E-state index contributed by atoms with van der Waals surface area (Å²) in [7, 11) is 0. The van der Waals surface area contributed by atoms with Crippen LogP contribution in [0.25, 0.3) is 11.0 Å². The van der Waals surface area contributed by atoms with Crippen LogP contribution in [0, 0.1) is 5.41 Å². The molecule has 8 nitrogen and oxygen atoms in total. The number of H-pyrrole nitrogens is 1. The molecule has 1 aliphatic carbocycles. The monoisotopic (exact) mass is 382 g/mol. The lowest BCUT2D eigenvalue weighted by molar-refractivity contribution is 0.0438. The van der Waals surface area contributed by atoms with Crippen molar-refractivity contribution < 1.29 is 19.7 Å². The van der Waals surface area contributed by atoms with Crippen LogP contribution in [-0.4, -0.2) is 56.4 Å². The fourth-order valence-corrected chi connectivity index (χ4v) is 3.64. The zero-order valence-electron chi connectivity index (χ0n) is 15.2. The summed E-state index contributed by atoms with van der Waals surface area (Å²) in [4.78, 5) is 23.9. The summed E-state index contributed by atoms with van der Waals surface area (Å²) in [6, 6.07) is 11.0. The maximum atomic E-state index is 12.6. The Hall–Kier alpha value is -2.97. The first-order valence-electron chi connectivity index (χ1n) is 9.17. The molecular formula is C20H22N4O4. The molecule has 1 amide bonds. The van der Waals surface area contributed by atoms with E-state index in [1.807, 2.05) is 24.3 Å². The van der Waals surface area contributed by atoms with Gasteiger partial charge in [0.1, 0.15) is 5.75 Å². The predicted octanol–water partition coefficient (Wildman–Crippen LogP) is 1.27. The Morgan fingerprint density at radius 3 is 2.71 bits per heavy atom. The molecule has 146 valence electrons. The number of aliphatic hydroxyl groups is 2. The van der Waals surface area contributed by atoms with Gasteiger partial charge < -0.3 is 25.3 Å². The molecule has 4 N–H and O–H groups in total. The van der Waals surface area contributed by atoms with Crippen molar-refractivity contribution >= 4 is 16.9 Å². The number of imidazole rings is 1. The van der Waals surface area contributed by atoms with Crippen LogP contribution in [0.3, 0.4) is 0 Å². The van der Waals surface area contributed by atoms with Crippen molar-refractivity contribution in [2.45, 2.75) is 25.0 Å². The number of aromatic amines is 1. The molecule has 1 aliphatic rings. The van der Waals surface area contributed by atoms with E-state index in [1.54, 1.807) is 24.5 Å². The smallest absolute Gasteiger partial charge is 0.287 e. The molecule has 2 heterocycles. The molecule has 1 aromatic carbocycles. The van der Waals surface area contributed by atoms with E-state index in [0.29, 0.717) is 24.1 Å². The second-order valence-corrected chi connectivity index (χ2v) is 7.31. The van der Waals surface area contributed by atoms with E-state index in [0.717, 1.165) is 5.52 Å². The summed E-state index contributed by atoms with van der Waals surface area (Å²) in [5.41, 5.74) is 0.916. The van der Waals surface area contributed by atoms with Gasteiger partial charge in [0, 0.05) is 18.2 Å². The van der Waals surface area contributed by atoms with Gasteiger partial charge in [0.2, 0.25) is 0 Å². The van der Waals surface area contributed by atoms with E-state index in [9.17, 15) is 15.0 Å². The molecule has 0 bridgehead atoms. The van der Waals surface area contributed by atoms with E-state index in [1.165, 1.54) is 0 Å². The number of ether oxygens (including phenoxy) is 1. The first-order valence-corrected chi connectivity index (χ1v) is 9.17. The number of aliphatic hydroxyl groups excluding tert-OH is 2. The van der Waals surface area contributed by atoms with E-state index in [-0.39, 0.29) is 24.9 Å². The summed E-state index contributed by atoms with van der Waals surface area (Å²) in [5, 5.41) is 23.0. The Kier molecular flexibility index (Phi) is 4.97. The Morgan fingerprint density at radius 1 is 1.21 bits per heavy atom. The number of amides is 1. The number of nitrogens with zero attached hydrogens (tertiary/aromatic N) is 2. The standard InChI is InChI=1S/C20H22N4O4/c25-16-8-20(9-17(16)26,12-28-13-4-3-7-21-10-13)11-22-19(27)18-23-14-5-1-2-6-15(14)24-18/h1-7,10,16-17,25-26H,8-9,11-12H2,(H,22,27)(H,23,24). The van der Waals surface area contributed by atoms with Crippen LogP contribution in [0.4, 0.5) is 0 Å². The molecular weight excluding hydrogens is 360 g/mol. The third-order valence-electron chi connectivity index (χ3n) is 5.14. The number of pyridine rings is 1. The fourth-order valence-electron chi connectivity index (χ4n) is 3.64. The highest BCUT2D eigenvalue weighted by Crippen LogP contribution is 2.38. The predicted molar refractivity (Wildman–Crippen MR) is 102 cm³/mol. The highest BCUT2D eigenvalue weighted by atomic mass is 16.5. The molecule has 0 saturated heterocycles. The van der Waals surface area contributed by atoms with Crippen LogP contribution in [0.2, 0.25) is 0 Å². The first kappa shape index (κ1) is 18.4. The Morgan fingerprint density at radius 2 is 2.00 bits per heavy atom. The molecule has 0 aliphatic heterocycles. The number of aromatic nitrogens is 3. The maximum absolute atomic E-state index is 12.6. The third kappa shape index (κ3) is 3.83. The minimum absolute atomic E-state index is 0.226.